The van der Waals surface area contributed by atoms with Crippen LogP contribution in [-0.2, 0) is 16.0 Å². The molecule has 2 rings (SSSR count). The highest BCUT2D eigenvalue weighted by Gasteiger charge is 2.18. The first-order valence-corrected chi connectivity index (χ1v) is 7.59. The molecular weight excluding hydrogens is 254 g/mol. The van der Waals surface area contributed by atoms with E-state index in [9.17, 15) is 4.79 Å². The number of ether oxygens (including phenoxy) is 1. The van der Waals surface area contributed by atoms with Crippen LogP contribution in [0.5, 0.6) is 0 Å². The number of nitrogens with zero attached hydrogens (tertiary/aromatic N) is 2. The zero-order valence-corrected chi connectivity index (χ0v) is 12.5. The Balaban J connectivity index is 1.84. The van der Waals surface area contributed by atoms with E-state index in [2.05, 4.69) is 24.3 Å². The number of hydrogen-bond donors (Lipinski definition) is 1. The summed E-state index contributed by atoms with van der Waals surface area (Å²) in [5.41, 5.74) is 0.874. The van der Waals surface area contributed by atoms with Crippen molar-refractivity contribution in [3.63, 3.8) is 0 Å². The molecule has 0 aliphatic carbocycles. The lowest BCUT2D eigenvalue weighted by Gasteiger charge is -2.22. The third kappa shape index (κ3) is 4.15. The largest absolute Gasteiger partial charge is 0.379 e. The number of nitrogens with one attached hydrogen (secondary N) is 1. The molecule has 1 aliphatic heterocycles. The van der Waals surface area contributed by atoms with Gasteiger partial charge in [0.1, 0.15) is 5.78 Å². The van der Waals surface area contributed by atoms with E-state index >= 15 is 0 Å². The second kappa shape index (κ2) is 7.55. The summed E-state index contributed by atoms with van der Waals surface area (Å²) in [6.07, 6.45) is 5.06. The molecule has 0 aromatic carbocycles. The van der Waals surface area contributed by atoms with Gasteiger partial charge in [-0.15, -0.1) is 0 Å². The molecule has 0 amide bonds. The molecule has 20 heavy (non-hydrogen) atoms. The van der Waals surface area contributed by atoms with E-state index in [0.717, 1.165) is 31.7 Å². The van der Waals surface area contributed by atoms with Crippen LogP contribution in [0.25, 0.3) is 0 Å². The van der Waals surface area contributed by atoms with Gasteiger partial charge in [-0.25, -0.2) is 0 Å². The maximum absolute atomic E-state index is 12.1. The monoisotopic (exact) mass is 279 g/mol. The molecule has 1 N–H and O–H groups in total. The average Bonchev–Trinajstić information content (AvgIpc) is 2.89. The summed E-state index contributed by atoms with van der Waals surface area (Å²) in [7, 11) is 0. The third-order valence-corrected chi connectivity index (χ3v) is 3.83. The minimum absolute atomic E-state index is 0.164. The number of carbonyl (C=O) groups excluding carboxylic acids is 1. The van der Waals surface area contributed by atoms with Gasteiger partial charge in [0, 0.05) is 25.2 Å². The molecular formula is C15H25N3O2. The Morgan fingerprint density at radius 2 is 2.35 bits per heavy atom. The number of carbonyl (C=O) groups is 1. The van der Waals surface area contributed by atoms with Crippen LogP contribution in [0.3, 0.4) is 0 Å². The average molecular weight is 279 g/mol. The molecule has 0 saturated carbocycles. The van der Waals surface area contributed by atoms with Gasteiger partial charge in [-0.3, -0.25) is 9.48 Å². The molecule has 2 heterocycles. The molecule has 0 spiro atoms. The van der Waals surface area contributed by atoms with Gasteiger partial charge in [0.05, 0.1) is 31.4 Å². The Bertz CT molecular complexity index is 421. The van der Waals surface area contributed by atoms with E-state index in [1.165, 1.54) is 0 Å². The highest BCUT2D eigenvalue weighted by atomic mass is 16.5. The molecule has 0 radical (unpaired) electrons. The smallest absolute Gasteiger partial charge is 0.140 e. The van der Waals surface area contributed by atoms with Crippen molar-refractivity contribution >= 4 is 5.78 Å². The standard InChI is InChI=1S/C15H25N3O2/c1-3-14(4-2)18-7-5-12(17-18)9-15(19)10-13-11-20-8-6-16-13/h5,7,13-14,16H,3-4,6,8-11H2,1-2H3. The minimum atomic E-state index is 0.164. The van der Waals surface area contributed by atoms with Crippen molar-refractivity contribution in [2.24, 2.45) is 0 Å². The van der Waals surface area contributed by atoms with Gasteiger partial charge >= 0.3 is 0 Å². The van der Waals surface area contributed by atoms with Gasteiger partial charge < -0.3 is 10.1 Å². The van der Waals surface area contributed by atoms with Crippen LogP contribution < -0.4 is 5.32 Å². The lowest BCUT2D eigenvalue weighted by atomic mass is 10.1. The summed E-state index contributed by atoms with van der Waals surface area (Å²) >= 11 is 0. The van der Waals surface area contributed by atoms with Crippen molar-refractivity contribution in [2.75, 3.05) is 19.8 Å². The lowest BCUT2D eigenvalue weighted by Crippen LogP contribution is -2.42. The molecule has 0 bridgehead atoms. The molecule has 1 unspecified atom stereocenters. The summed E-state index contributed by atoms with van der Waals surface area (Å²) in [5, 5.41) is 7.84. The Hall–Kier alpha value is -1.20. The summed E-state index contributed by atoms with van der Waals surface area (Å²) in [6.45, 7) is 6.53. The maximum atomic E-state index is 12.1. The molecule has 1 aromatic rings. The van der Waals surface area contributed by atoms with Crippen molar-refractivity contribution in [2.45, 2.75) is 51.6 Å². The Kier molecular flexibility index (Phi) is 5.73. The number of aromatic nitrogens is 2. The van der Waals surface area contributed by atoms with Gasteiger partial charge in [-0.05, 0) is 18.9 Å². The minimum Gasteiger partial charge on any atom is -0.379 e. The SMILES string of the molecule is CCC(CC)n1ccc(CC(=O)CC2COCCN2)n1. The summed E-state index contributed by atoms with van der Waals surface area (Å²) < 4.78 is 7.35. The molecule has 1 aromatic heterocycles. The van der Waals surface area contributed by atoms with Gasteiger partial charge in [0.2, 0.25) is 0 Å². The van der Waals surface area contributed by atoms with Crippen molar-refractivity contribution in [1.29, 1.82) is 0 Å². The highest BCUT2D eigenvalue weighted by molar-refractivity contribution is 5.81. The number of morpholine rings is 1. The highest BCUT2D eigenvalue weighted by Crippen LogP contribution is 2.15. The molecule has 112 valence electrons. The third-order valence-electron chi connectivity index (χ3n) is 3.83. The summed E-state index contributed by atoms with van der Waals surface area (Å²) in [6, 6.07) is 2.56. The van der Waals surface area contributed by atoms with E-state index < -0.39 is 0 Å². The molecule has 1 fully saturated rings. The fraction of sp³-hybridized carbons (Fsp3) is 0.733. The van der Waals surface area contributed by atoms with Gasteiger partial charge in [-0.2, -0.15) is 5.10 Å². The van der Waals surface area contributed by atoms with E-state index in [1.807, 2.05) is 16.9 Å². The van der Waals surface area contributed by atoms with Crippen LogP contribution in [-0.4, -0.2) is 41.4 Å². The first kappa shape index (κ1) is 15.2. The number of hydrogen-bond acceptors (Lipinski definition) is 4. The lowest BCUT2D eigenvalue weighted by molar-refractivity contribution is -0.119. The van der Waals surface area contributed by atoms with Crippen LogP contribution in [0.15, 0.2) is 12.3 Å². The maximum Gasteiger partial charge on any atom is 0.140 e. The van der Waals surface area contributed by atoms with Crippen LogP contribution in [0, 0.1) is 0 Å². The van der Waals surface area contributed by atoms with Crippen molar-refractivity contribution in [1.82, 2.24) is 15.1 Å². The van der Waals surface area contributed by atoms with E-state index in [4.69, 9.17) is 4.74 Å². The van der Waals surface area contributed by atoms with Crippen molar-refractivity contribution in [3.05, 3.63) is 18.0 Å². The van der Waals surface area contributed by atoms with Crippen LogP contribution in [0.2, 0.25) is 0 Å². The van der Waals surface area contributed by atoms with Crippen molar-refractivity contribution in [3.8, 4) is 0 Å². The van der Waals surface area contributed by atoms with E-state index in [0.29, 0.717) is 25.5 Å². The van der Waals surface area contributed by atoms with Gasteiger partial charge in [-0.1, -0.05) is 13.8 Å². The molecule has 5 nitrogen and oxygen atoms in total. The van der Waals surface area contributed by atoms with Crippen LogP contribution >= 0.6 is 0 Å². The van der Waals surface area contributed by atoms with Gasteiger partial charge in [0.25, 0.3) is 0 Å². The second-order valence-electron chi connectivity index (χ2n) is 5.40. The topological polar surface area (TPSA) is 56.1 Å². The quantitative estimate of drug-likeness (QED) is 0.826. The zero-order chi connectivity index (χ0) is 14.4. The first-order valence-electron chi connectivity index (χ1n) is 7.59. The Morgan fingerprint density at radius 1 is 1.55 bits per heavy atom. The predicted octanol–water partition coefficient (Wildman–Crippen LogP) is 1.73. The first-order chi connectivity index (χ1) is 9.72. The second-order valence-corrected chi connectivity index (χ2v) is 5.40. The predicted molar refractivity (Wildman–Crippen MR) is 77.8 cm³/mol. The van der Waals surface area contributed by atoms with Crippen LogP contribution in [0.1, 0.15) is 44.8 Å². The summed E-state index contributed by atoms with van der Waals surface area (Å²) in [5.74, 6) is 0.225. The number of rotatable bonds is 7. The zero-order valence-electron chi connectivity index (χ0n) is 12.5. The Labute approximate surface area is 120 Å². The summed E-state index contributed by atoms with van der Waals surface area (Å²) in [4.78, 5) is 12.1. The van der Waals surface area contributed by atoms with E-state index in [1.54, 1.807) is 0 Å². The molecule has 1 aliphatic rings. The molecule has 5 heteroatoms. The Morgan fingerprint density at radius 3 is 3.00 bits per heavy atom. The number of Topliss-reactive ketones (excluding diaryl/α,β-unsaturated/α-hetero) is 1. The van der Waals surface area contributed by atoms with E-state index in [-0.39, 0.29) is 11.8 Å². The fourth-order valence-corrected chi connectivity index (χ4v) is 2.64. The van der Waals surface area contributed by atoms with Gasteiger partial charge in [0.15, 0.2) is 0 Å². The fourth-order valence-electron chi connectivity index (χ4n) is 2.64. The molecule has 1 atom stereocenters. The number of ketones is 1. The normalized spacial score (nSPS) is 19.4. The van der Waals surface area contributed by atoms with Crippen molar-refractivity contribution < 1.29 is 9.53 Å². The molecule has 1 saturated heterocycles. The van der Waals surface area contributed by atoms with Crippen LogP contribution in [0.4, 0.5) is 0 Å².